The minimum absolute atomic E-state index is 0.158. The van der Waals surface area contributed by atoms with E-state index >= 15 is 0 Å². The van der Waals surface area contributed by atoms with Crippen LogP contribution in [0.4, 0.5) is 4.79 Å². The average Bonchev–Trinajstić information content (AvgIpc) is 2.12. The fourth-order valence-corrected chi connectivity index (χ4v) is 2.35. The van der Waals surface area contributed by atoms with Gasteiger partial charge >= 0.3 is 6.09 Å². The topological polar surface area (TPSA) is 29.5 Å². The van der Waals surface area contributed by atoms with Gasteiger partial charge in [-0.2, -0.15) is 0 Å². The Morgan fingerprint density at radius 3 is 2.29 bits per heavy atom. The number of piperidine rings is 1. The SMILES string of the molecule is CC(C)(C)OC(=O)N1CCCC(=C2CCC2)C1. The van der Waals surface area contributed by atoms with Crippen LogP contribution in [0.25, 0.3) is 0 Å². The first kappa shape index (κ1) is 12.5. The third-order valence-corrected chi connectivity index (χ3v) is 3.40. The Labute approximate surface area is 104 Å². The Bertz CT molecular complexity index is 333. The smallest absolute Gasteiger partial charge is 0.410 e. The minimum Gasteiger partial charge on any atom is -0.444 e. The molecule has 0 radical (unpaired) electrons. The molecule has 0 bridgehead atoms. The molecule has 3 heteroatoms. The lowest BCUT2D eigenvalue weighted by Crippen LogP contribution is -2.41. The van der Waals surface area contributed by atoms with Crippen LogP contribution in [0.3, 0.4) is 0 Å². The van der Waals surface area contributed by atoms with Crippen molar-refractivity contribution in [2.45, 2.75) is 58.5 Å². The van der Waals surface area contributed by atoms with Crippen molar-refractivity contribution in [3.8, 4) is 0 Å². The van der Waals surface area contributed by atoms with E-state index in [0.29, 0.717) is 0 Å². The number of carbonyl (C=O) groups is 1. The maximum Gasteiger partial charge on any atom is 0.410 e. The standard InChI is InChI=1S/C14H23NO2/c1-14(2,3)17-13(16)15-9-5-8-12(10-15)11-6-4-7-11/h4-10H2,1-3H3. The number of nitrogens with zero attached hydrogens (tertiary/aromatic N) is 1. The maximum absolute atomic E-state index is 12.0. The van der Waals surface area contributed by atoms with E-state index in [-0.39, 0.29) is 6.09 Å². The molecule has 0 aromatic carbocycles. The first-order chi connectivity index (χ1) is 7.96. The molecule has 0 unspecified atom stereocenters. The van der Waals surface area contributed by atoms with E-state index in [2.05, 4.69) is 0 Å². The molecule has 96 valence electrons. The zero-order valence-electron chi connectivity index (χ0n) is 11.2. The van der Waals surface area contributed by atoms with E-state index in [1.807, 2.05) is 25.7 Å². The van der Waals surface area contributed by atoms with Crippen molar-refractivity contribution in [1.29, 1.82) is 0 Å². The molecule has 1 amide bonds. The molecule has 0 aromatic rings. The molecule has 2 fully saturated rings. The fourth-order valence-electron chi connectivity index (χ4n) is 2.35. The summed E-state index contributed by atoms with van der Waals surface area (Å²) >= 11 is 0. The summed E-state index contributed by atoms with van der Waals surface area (Å²) in [5.74, 6) is 0. The second-order valence-corrected chi connectivity index (χ2v) is 6.07. The summed E-state index contributed by atoms with van der Waals surface area (Å²) in [5, 5.41) is 0. The molecule has 0 aromatic heterocycles. The molecule has 1 heterocycles. The second kappa shape index (κ2) is 4.71. The number of amides is 1. The molecule has 0 atom stereocenters. The van der Waals surface area contributed by atoms with Crippen LogP contribution >= 0.6 is 0 Å². The lowest BCUT2D eigenvalue weighted by Gasteiger charge is -2.34. The van der Waals surface area contributed by atoms with Crippen LogP contribution in [-0.4, -0.2) is 29.7 Å². The lowest BCUT2D eigenvalue weighted by molar-refractivity contribution is 0.0245. The van der Waals surface area contributed by atoms with Gasteiger partial charge in [-0.1, -0.05) is 11.1 Å². The van der Waals surface area contributed by atoms with Crippen molar-refractivity contribution in [3.05, 3.63) is 11.1 Å². The third-order valence-electron chi connectivity index (χ3n) is 3.40. The molecule has 2 aliphatic rings. The number of hydrogen-bond acceptors (Lipinski definition) is 2. The largest absolute Gasteiger partial charge is 0.444 e. The van der Waals surface area contributed by atoms with Crippen molar-refractivity contribution in [1.82, 2.24) is 4.90 Å². The normalized spacial score (nSPS) is 21.2. The van der Waals surface area contributed by atoms with Gasteiger partial charge in [0.2, 0.25) is 0 Å². The van der Waals surface area contributed by atoms with Crippen molar-refractivity contribution in [2.24, 2.45) is 0 Å². The summed E-state index contributed by atoms with van der Waals surface area (Å²) < 4.78 is 5.42. The highest BCUT2D eigenvalue weighted by molar-refractivity contribution is 5.68. The van der Waals surface area contributed by atoms with Crippen LogP contribution in [0.1, 0.15) is 52.9 Å². The van der Waals surface area contributed by atoms with Crippen molar-refractivity contribution >= 4 is 6.09 Å². The van der Waals surface area contributed by atoms with Crippen LogP contribution in [-0.2, 0) is 4.74 Å². The highest BCUT2D eigenvalue weighted by atomic mass is 16.6. The van der Waals surface area contributed by atoms with Crippen LogP contribution in [0.2, 0.25) is 0 Å². The Balaban J connectivity index is 1.95. The summed E-state index contributed by atoms with van der Waals surface area (Å²) in [6.45, 7) is 7.39. The summed E-state index contributed by atoms with van der Waals surface area (Å²) in [6.07, 6.45) is 5.92. The Kier molecular flexibility index (Phi) is 3.45. The van der Waals surface area contributed by atoms with Gasteiger partial charge in [-0.25, -0.2) is 4.79 Å². The minimum atomic E-state index is -0.391. The van der Waals surface area contributed by atoms with Gasteiger partial charge in [0.1, 0.15) is 5.60 Å². The fraction of sp³-hybridized carbons (Fsp3) is 0.786. The first-order valence-corrected chi connectivity index (χ1v) is 6.63. The number of ether oxygens (including phenoxy) is 1. The monoisotopic (exact) mass is 237 g/mol. The van der Waals surface area contributed by atoms with Crippen molar-refractivity contribution in [3.63, 3.8) is 0 Å². The van der Waals surface area contributed by atoms with Gasteiger partial charge in [0.15, 0.2) is 0 Å². The van der Waals surface area contributed by atoms with Gasteiger partial charge in [-0.3, -0.25) is 0 Å². The maximum atomic E-state index is 12.0. The molecule has 1 saturated carbocycles. The van der Waals surface area contributed by atoms with E-state index in [4.69, 9.17) is 4.74 Å². The van der Waals surface area contributed by atoms with Crippen LogP contribution < -0.4 is 0 Å². The molecule has 1 saturated heterocycles. The zero-order valence-corrected chi connectivity index (χ0v) is 11.2. The molecule has 0 spiro atoms. The zero-order chi connectivity index (χ0) is 12.5. The summed E-state index contributed by atoms with van der Waals surface area (Å²) in [6, 6.07) is 0. The quantitative estimate of drug-likeness (QED) is 0.603. The highest BCUT2D eigenvalue weighted by Gasteiger charge is 2.27. The van der Waals surface area contributed by atoms with E-state index in [9.17, 15) is 4.79 Å². The van der Waals surface area contributed by atoms with Crippen LogP contribution in [0, 0.1) is 0 Å². The highest BCUT2D eigenvalue weighted by Crippen LogP contribution is 2.32. The van der Waals surface area contributed by atoms with E-state index in [0.717, 1.165) is 19.5 Å². The predicted octanol–water partition coefficient (Wildman–Crippen LogP) is 3.50. The van der Waals surface area contributed by atoms with Gasteiger partial charge in [0.25, 0.3) is 0 Å². The number of rotatable bonds is 0. The predicted molar refractivity (Wildman–Crippen MR) is 67.9 cm³/mol. The van der Waals surface area contributed by atoms with Gasteiger partial charge < -0.3 is 9.64 Å². The van der Waals surface area contributed by atoms with Crippen LogP contribution in [0.15, 0.2) is 11.1 Å². The number of carbonyl (C=O) groups excluding carboxylic acids is 1. The second-order valence-electron chi connectivity index (χ2n) is 6.07. The Morgan fingerprint density at radius 2 is 1.76 bits per heavy atom. The van der Waals surface area contributed by atoms with Gasteiger partial charge in [-0.15, -0.1) is 0 Å². The number of hydrogen-bond donors (Lipinski definition) is 0. The summed E-state index contributed by atoms with van der Waals surface area (Å²) in [5.41, 5.74) is 2.70. The van der Waals surface area contributed by atoms with Crippen molar-refractivity contribution in [2.75, 3.05) is 13.1 Å². The summed E-state index contributed by atoms with van der Waals surface area (Å²) in [7, 11) is 0. The Morgan fingerprint density at radius 1 is 1.12 bits per heavy atom. The van der Waals surface area contributed by atoms with E-state index in [1.165, 1.54) is 31.3 Å². The number of allylic oxidation sites excluding steroid dienone is 1. The molecule has 1 aliphatic carbocycles. The molecule has 1 aliphatic heterocycles. The van der Waals surface area contributed by atoms with Gasteiger partial charge in [-0.05, 0) is 52.9 Å². The molecule has 17 heavy (non-hydrogen) atoms. The van der Waals surface area contributed by atoms with E-state index < -0.39 is 5.60 Å². The van der Waals surface area contributed by atoms with Crippen LogP contribution in [0.5, 0.6) is 0 Å². The lowest BCUT2D eigenvalue weighted by atomic mass is 9.85. The first-order valence-electron chi connectivity index (χ1n) is 6.63. The molecular weight excluding hydrogens is 214 g/mol. The molecule has 0 N–H and O–H groups in total. The third kappa shape index (κ3) is 3.24. The number of likely N-dealkylation sites (tertiary alicyclic amines) is 1. The van der Waals surface area contributed by atoms with E-state index in [1.54, 1.807) is 5.57 Å². The average molecular weight is 237 g/mol. The summed E-state index contributed by atoms with van der Waals surface area (Å²) in [4.78, 5) is 13.8. The van der Waals surface area contributed by atoms with Crippen molar-refractivity contribution < 1.29 is 9.53 Å². The van der Waals surface area contributed by atoms with Gasteiger partial charge in [0, 0.05) is 13.1 Å². The van der Waals surface area contributed by atoms with Gasteiger partial charge in [0.05, 0.1) is 0 Å². The Hall–Kier alpha value is -0.990. The molecule has 2 rings (SSSR count). The molecule has 3 nitrogen and oxygen atoms in total. The molecular formula is C14H23NO2.